The van der Waals surface area contributed by atoms with Gasteiger partial charge in [-0.05, 0) is 49.6 Å². The normalized spacial score (nSPS) is 10.3. The summed E-state index contributed by atoms with van der Waals surface area (Å²) in [5, 5.41) is 2.93. The molecule has 0 radical (unpaired) electrons. The zero-order valence-electron chi connectivity index (χ0n) is 17.3. The van der Waals surface area contributed by atoms with Crippen molar-refractivity contribution in [3.05, 3.63) is 41.5 Å². The highest BCUT2D eigenvalue weighted by atomic mass is 16.5. The van der Waals surface area contributed by atoms with Gasteiger partial charge in [0.25, 0.3) is 5.91 Å². The van der Waals surface area contributed by atoms with Crippen LogP contribution in [0.2, 0.25) is 0 Å². The topological polar surface area (TPSA) is 66.0 Å². The van der Waals surface area contributed by atoms with Crippen LogP contribution in [0.3, 0.4) is 0 Å². The molecular formula is C22H29NO5. The van der Waals surface area contributed by atoms with Crippen LogP contribution >= 0.6 is 0 Å². The van der Waals surface area contributed by atoms with E-state index in [1.807, 2.05) is 26.8 Å². The van der Waals surface area contributed by atoms with Crippen molar-refractivity contribution in [2.75, 3.05) is 32.8 Å². The summed E-state index contributed by atoms with van der Waals surface area (Å²) in [6, 6.07) is 8.80. The molecule has 0 aromatic heterocycles. The number of nitrogens with one attached hydrogen (secondary N) is 1. The molecule has 2 aromatic carbocycles. The second-order valence-electron chi connectivity index (χ2n) is 6.33. The molecule has 28 heavy (non-hydrogen) atoms. The van der Waals surface area contributed by atoms with Crippen molar-refractivity contribution in [3.8, 4) is 23.0 Å². The Hall–Kier alpha value is -2.89. The molecule has 0 unspecified atom stereocenters. The molecule has 0 heterocycles. The van der Waals surface area contributed by atoms with Gasteiger partial charge < -0.3 is 24.3 Å². The number of rotatable bonds is 10. The summed E-state index contributed by atoms with van der Waals surface area (Å²) in [4.78, 5) is 12.8. The van der Waals surface area contributed by atoms with E-state index in [-0.39, 0.29) is 5.91 Å². The Morgan fingerprint density at radius 3 is 2.07 bits per heavy atom. The highest BCUT2D eigenvalue weighted by Gasteiger charge is 2.15. The lowest BCUT2D eigenvalue weighted by Gasteiger charge is -2.15. The molecule has 0 fully saturated rings. The van der Waals surface area contributed by atoms with Crippen LogP contribution < -0.4 is 24.3 Å². The highest BCUT2D eigenvalue weighted by molar-refractivity contribution is 6.05. The predicted octanol–water partition coefficient (Wildman–Crippen LogP) is 4.84. The second-order valence-corrected chi connectivity index (χ2v) is 6.33. The lowest BCUT2D eigenvalue weighted by atomic mass is 10.1. The molecule has 0 saturated heterocycles. The summed E-state index contributed by atoms with van der Waals surface area (Å²) in [6.45, 7) is 7.12. The quantitative estimate of drug-likeness (QED) is 0.632. The zero-order chi connectivity index (χ0) is 20.5. The second kappa shape index (κ2) is 10.4. The van der Waals surface area contributed by atoms with Gasteiger partial charge in [-0.2, -0.15) is 0 Å². The third-order valence-corrected chi connectivity index (χ3v) is 4.11. The first-order valence-corrected chi connectivity index (χ1v) is 9.47. The van der Waals surface area contributed by atoms with Crippen LogP contribution in [-0.4, -0.2) is 33.3 Å². The first-order chi connectivity index (χ1) is 13.5. The Bertz CT molecular complexity index is 804. The average molecular weight is 387 g/mol. The molecule has 0 aliphatic rings. The molecule has 6 heteroatoms. The lowest BCUT2D eigenvalue weighted by molar-refractivity contribution is 0.102. The van der Waals surface area contributed by atoms with E-state index in [0.29, 0.717) is 47.5 Å². The van der Waals surface area contributed by atoms with E-state index in [9.17, 15) is 4.79 Å². The number of benzene rings is 2. The number of hydrogen-bond donors (Lipinski definition) is 1. The molecule has 1 amide bonds. The lowest BCUT2D eigenvalue weighted by Crippen LogP contribution is -2.13. The molecule has 2 aromatic rings. The first-order valence-electron chi connectivity index (χ1n) is 9.47. The highest BCUT2D eigenvalue weighted by Crippen LogP contribution is 2.34. The zero-order valence-corrected chi connectivity index (χ0v) is 17.3. The minimum atomic E-state index is -0.237. The Kier molecular flexibility index (Phi) is 7.99. The summed E-state index contributed by atoms with van der Waals surface area (Å²) in [5.41, 5.74) is 2.02. The van der Waals surface area contributed by atoms with Gasteiger partial charge in [0.05, 0.1) is 27.4 Å². The van der Waals surface area contributed by atoms with Gasteiger partial charge >= 0.3 is 0 Å². The smallest absolute Gasteiger partial charge is 0.255 e. The van der Waals surface area contributed by atoms with Crippen molar-refractivity contribution in [1.29, 1.82) is 0 Å². The average Bonchev–Trinajstić information content (AvgIpc) is 2.71. The Balaban J connectivity index is 2.26. The van der Waals surface area contributed by atoms with Crippen molar-refractivity contribution >= 4 is 11.6 Å². The summed E-state index contributed by atoms with van der Waals surface area (Å²) in [5.74, 6) is 2.16. The number of aryl methyl sites for hydroxylation is 1. The molecule has 0 atom stereocenters. The van der Waals surface area contributed by atoms with Crippen LogP contribution in [0.4, 0.5) is 5.69 Å². The number of hydrogen-bond acceptors (Lipinski definition) is 5. The van der Waals surface area contributed by atoms with Crippen LogP contribution in [0.25, 0.3) is 0 Å². The van der Waals surface area contributed by atoms with Crippen LogP contribution in [0, 0.1) is 6.92 Å². The monoisotopic (exact) mass is 387 g/mol. The number of anilines is 1. The van der Waals surface area contributed by atoms with Crippen molar-refractivity contribution in [2.45, 2.75) is 33.6 Å². The maximum Gasteiger partial charge on any atom is 0.255 e. The minimum absolute atomic E-state index is 0.237. The molecule has 6 nitrogen and oxygen atoms in total. The van der Waals surface area contributed by atoms with Crippen molar-refractivity contribution in [1.82, 2.24) is 0 Å². The molecule has 0 bridgehead atoms. The molecule has 152 valence electrons. The van der Waals surface area contributed by atoms with Crippen molar-refractivity contribution in [2.24, 2.45) is 0 Å². The first kappa shape index (κ1) is 21.4. The number of carbonyl (C=O) groups excluding carboxylic acids is 1. The van der Waals surface area contributed by atoms with E-state index in [4.69, 9.17) is 18.9 Å². The fourth-order valence-electron chi connectivity index (χ4n) is 2.62. The van der Waals surface area contributed by atoms with Gasteiger partial charge in [-0.1, -0.05) is 13.8 Å². The van der Waals surface area contributed by atoms with Gasteiger partial charge in [0.1, 0.15) is 0 Å². The number of methoxy groups -OCH3 is 2. The Labute approximate surface area is 166 Å². The molecule has 1 N–H and O–H groups in total. The summed E-state index contributed by atoms with van der Waals surface area (Å²) >= 11 is 0. The SMILES string of the molecule is CCCOc1ccc(C(=O)Nc2cc(OC)c(OC)cc2C)cc1OCCC. The summed E-state index contributed by atoms with van der Waals surface area (Å²) < 4.78 is 22.1. The van der Waals surface area contributed by atoms with Crippen LogP contribution in [0.15, 0.2) is 30.3 Å². The van der Waals surface area contributed by atoms with Gasteiger partial charge in [-0.25, -0.2) is 0 Å². The van der Waals surface area contributed by atoms with E-state index in [1.54, 1.807) is 38.5 Å². The summed E-state index contributed by atoms with van der Waals surface area (Å²) in [7, 11) is 3.14. The fraction of sp³-hybridized carbons (Fsp3) is 0.409. The third-order valence-electron chi connectivity index (χ3n) is 4.11. The number of carbonyl (C=O) groups is 1. The Morgan fingerprint density at radius 2 is 1.46 bits per heavy atom. The van der Waals surface area contributed by atoms with E-state index in [2.05, 4.69) is 5.32 Å². The van der Waals surface area contributed by atoms with Crippen LogP contribution in [0.5, 0.6) is 23.0 Å². The van der Waals surface area contributed by atoms with Gasteiger partial charge in [-0.3, -0.25) is 4.79 Å². The molecule has 0 spiro atoms. The van der Waals surface area contributed by atoms with Gasteiger partial charge in [0, 0.05) is 17.3 Å². The molecule has 0 aliphatic carbocycles. The van der Waals surface area contributed by atoms with Gasteiger partial charge in [0.15, 0.2) is 23.0 Å². The molecule has 0 saturated carbocycles. The van der Waals surface area contributed by atoms with Crippen molar-refractivity contribution in [3.63, 3.8) is 0 Å². The molecule has 0 aliphatic heterocycles. The Morgan fingerprint density at radius 1 is 0.857 bits per heavy atom. The standard InChI is InChI=1S/C22H29NO5/c1-6-10-27-18-9-8-16(13-21(18)28-11-7-2)22(24)23-17-14-20(26-5)19(25-4)12-15(17)3/h8-9,12-14H,6-7,10-11H2,1-5H3,(H,23,24). The van der Waals surface area contributed by atoms with Gasteiger partial charge in [-0.15, -0.1) is 0 Å². The summed E-state index contributed by atoms with van der Waals surface area (Å²) in [6.07, 6.45) is 1.77. The van der Waals surface area contributed by atoms with E-state index in [0.717, 1.165) is 18.4 Å². The van der Waals surface area contributed by atoms with Crippen LogP contribution in [-0.2, 0) is 0 Å². The predicted molar refractivity (Wildman–Crippen MR) is 110 cm³/mol. The van der Waals surface area contributed by atoms with Crippen LogP contribution in [0.1, 0.15) is 42.6 Å². The van der Waals surface area contributed by atoms with E-state index >= 15 is 0 Å². The largest absolute Gasteiger partial charge is 0.493 e. The molecular weight excluding hydrogens is 358 g/mol. The molecule has 2 rings (SSSR count). The maximum absolute atomic E-state index is 12.8. The van der Waals surface area contributed by atoms with Crippen molar-refractivity contribution < 1.29 is 23.7 Å². The number of ether oxygens (including phenoxy) is 4. The van der Waals surface area contributed by atoms with Gasteiger partial charge in [0.2, 0.25) is 0 Å². The third kappa shape index (κ3) is 5.31. The fourth-order valence-corrected chi connectivity index (χ4v) is 2.62. The minimum Gasteiger partial charge on any atom is -0.493 e. The van der Waals surface area contributed by atoms with E-state index < -0.39 is 0 Å². The van der Waals surface area contributed by atoms with E-state index in [1.165, 1.54) is 0 Å². The number of amides is 1. The maximum atomic E-state index is 12.8.